The van der Waals surface area contributed by atoms with E-state index < -0.39 is 6.10 Å². The first-order valence-electron chi connectivity index (χ1n) is 5.95. The smallest absolute Gasteiger partial charge is 0.260 e. The minimum Gasteiger partial charge on any atom is -0.495 e. The van der Waals surface area contributed by atoms with Crippen LogP contribution in [0.4, 0.5) is 5.69 Å². The van der Waals surface area contributed by atoms with Crippen LogP contribution in [-0.4, -0.2) is 39.4 Å². The topological polar surface area (TPSA) is 82.8 Å². The number of rotatable bonds is 7. The molecule has 1 aromatic carbocycles. The first kappa shape index (κ1) is 15.1. The van der Waals surface area contributed by atoms with Crippen molar-refractivity contribution in [3.05, 3.63) is 18.2 Å². The summed E-state index contributed by atoms with van der Waals surface area (Å²) in [5.74, 6) is 0.892. The zero-order valence-electron chi connectivity index (χ0n) is 11.4. The van der Waals surface area contributed by atoms with E-state index in [2.05, 4.69) is 5.32 Å². The average molecular weight is 268 g/mol. The van der Waals surface area contributed by atoms with Gasteiger partial charge < -0.3 is 25.3 Å². The standard InChI is InChI=1S/C13H20N2O4/c1-9(13(16)15-6-7-17-2)19-10-4-5-12(18-3)11(14)8-10/h4-5,8-9H,6-7,14H2,1-3H3,(H,15,16). The Morgan fingerprint density at radius 3 is 2.74 bits per heavy atom. The number of carbonyl (C=O) groups is 1. The highest BCUT2D eigenvalue weighted by Crippen LogP contribution is 2.26. The fraction of sp³-hybridized carbons (Fsp3) is 0.462. The monoisotopic (exact) mass is 268 g/mol. The number of nitrogens with two attached hydrogens (primary N) is 1. The molecule has 1 aromatic rings. The van der Waals surface area contributed by atoms with Crippen molar-refractivity contribution >= 4 is 11.6 Å². The molecule has 0 heterocycles. The number of methoxy groups -OCH3 is 2. The van der Waals surface area contributed by atoms with E-state index in [4.69, 9.17) is 19.9 Å². The lowest BCUT2D eigenvalue weighted by molar-refractivity contribution is -0.127. The summed E-state index contributed by atoms with van der Waals surface area (Å²) >= 11 is 0. The van der Waals surface area contributed by atoms with E-state index in [1.165, 1.54) is 7.11 Å². The van der Waals surface area contributed by atoms with Gasteiger partial charge in [-0.25, -0.2) is 0 Å². The van der Waals surface area contributed by atoms with Crippen LogP contribution in [0, 0.1) is 0 Å². The van der Waals surface area contributed by atoms with Crippen LogP contribution < -0.4 is 20.5 Å². The van der Waals surface area contributed by atoms with Gasteiger partial charge in [0.1, 0.15) is 11.5 Å². The zero-order chi connectivity index (χ0) is 14.3. The molecule has 6 nitrogen and oxygen atoms in total. The molecule has 106 valence electrons. The van der Waals surface area contributed by atoms with Crippen LogP contribution in [0.5, 0.6) is 11.5 Å². The van der Waals surface area contributed by atoms with E-state index in [1.807, 2.05) is 0 Å². The number of ether oxygens (including phenoxy) is 3. The van der Waals surface area contributed by atoms with Crippen molar-refractivity contribution < 1.29 is 19.0 Å². The third-order valence-corrected chi connectivity index (χ3v) is 2.49. The Morgan fingerprint density at radius 2 is 2.16 bits per heavy atom. The number of hydrogen-bond acceptors (Lipinski definition) is 5. The summed E-state index contributed by atoms with van der Waals surface area (Å²) in [6, 6.07) is 5.02. The molecular weight excluding hydrogens is 248 g/mol. The van der Waals surface area contributed by atoms with Gasteiger partial charge in [0.25, 0.3) is 5.91 Å². The van der Waals surface area contributed by atoms with E-state index in [1.54, 1.807) is 32.2 Å². The lowest BCUT2D eigenvalue weighted by Gasteiger charge is -2.15. The van der Waals surface area contributed by atoms with Crippen LogP contribution in [0.25, 0.3) is 0 Å². The molecule has 0 fully saturated rings. The molecule has 0 aromatic heterocycles. The maximum Gasteiger partial charge on any atom is 0.260 e. The third-order valence-electron chi connectivity index (χ3n) is 2.49. The second kappa shape index (κ2) is 7.48. The van der Waals surface area contributed by atoms with Crippen LogP contribution in [0.15, 0.2) is 18.2 Å². The molecule has 0 aliphatic heterocycles. The highest BCUT2D eigenvalue weighted by molar-refractivity contribution is 5.80. The number of amides is 1. The van der Waals surface area contributed by atoms with Gasteiger partial charge in [0.15, 0.2) is 6.10 Å². The molecule has 6 heteroatoms. The lowest BCUT2D eigenvalue weighted by Crippen LogP contribution is -2.37. The minimum atomic E-state index is -0.607. The van der Waals surface area contributed by atoms with Gasteiger partial charge in [-0.15, -0.1) is 0 Å². The molecule has 0 spiro atoms. The first-order valence-corrected chi connectivity index (χ1v) is 5.95. The number of carbonyl (C=O) groups excluding carboxylic acids is 1. The quantitative estimate of drug-likeness (QED) is 0.565. The van der Waals surface area contributed by atoms with Crippen molar-refractivity contribution in [2.24, 2.45) is 0 Å². The van der Waals surface area contributed by atoms with E-state index in [9.17, 15) is 4.79 Å². The molecule has 1 unspecified atom stereocenters. The Morgan fingerprint density at radius 1 is 1.42 bits per heavy atom. The van der Waals surface area contributed by atoms with Crippen molar-refractivity contribution in [1.29, 1.82) is 0 Å². The summed E-state index contributed by atoms with van der Waals surface area (Å²) < 4.78 is 15.4. The van der Waals surface area contributed by atoms with Crippen LogP contribution in [0.2, 0.25) is 0 Å². The zero-order valence-corrected chi connectivity index (χ0v) is 11.4. The Bertz CT molecular complexity index is 423. The van der Waals surface area contributed by atoms with Gasteiger partial charge in [-0.2, -0.15) is 0 Å². The van der Waals surface area contributed by atoms with Gasteiger partial charge in [0.2, 0.25) is 0 Å². The number of nitrogen functional groups attached to an aromatic ring is 1. The molecule has 0 saturated heterocycles. The summed E-state index contributed by atoms with van der Waals surface area (Å²) in [7, 11) is 3.12. The van der Waals surface area contributed by atoms with Crippen LogP contribution in [-0.2, 0) is 9.53 Å². The molecule has 19 heavy (non-hydrogen) atoms. The summed E-state index contributed by atoms with van der Waals surface area (Å²) in [4.78, 5) is 11.7. The number of nitrogens with one attached hydrogen (secondary N) is 1. The molecular formula is C13H20N2O4. The van der Waals surface area contributed by atoms with Crippen molar-refractivity contribution in [2.45, 2.75) is 13.0 Å². The van der Waals surface area contributed by atoms with Crippen molar-refractivity contribution in [3.63, 3.8) is 0 Å². The molecule has 0 saturated carbocycles. The summed E-state index contributed by atoms with van der Waals surface area (Å²) in [6.45, 7) is 2.59. The first-order chi connectivity index (χ1) is 9.08. The predicted molar refractivity (Wildman–Crippen MR) is 72.4 cm³/mol. The SMILES string of the molecule is COCCNC(=O)C(C)Oc1ccc(OC)c(N)c1. The summed E-state index contributed by atoms with van der Waals surface area (Å²) in [6.07, 6.45) is -0.607. The molecule has 0 radical (unpaired) electrons. The van der Waals surface area contributed by atoms with Crippen LogP contribution >= 0.6 is 0 Å². The van der Waals surface area contributed by atoms with Gasteiger partial charge >= 0.3 is 0 Å². The maximum atomic E-state index is 11.7. The van der Waals surface area contributed by atoms with Crippen molar-refractivity contribution in [2.75, 3.05) is 33.1 Å². The fourth-order valence-electron chi connectivity index (χ4n) is 1.46. The molecule has 0 aliphatic rings. The second-order valence-electron chi connectivity index (χ2n) is 3.95. The predicted octanol–water partition coefficient (Wildman–Crippen LogP) is 0.807. The van der Waals surface area contributed by atoms with E-state index in [-0.39, 0.29) is 5.91 Å². The Balaban J connectivity index is 2.54. The third kappa shape index (κ3) is 4.67. The Hall–Kier alpha value is -1.95. The van der Waals surface area contributed by atoms with Crippen LogP contribution in [0.1, 0.15) is 6.92 Å². The van der Waals surface area contributed by atoms with E-state index in [0.717, 1.165) is 0 Å². The largest absolute Gasteiger partial charge is 0.495 e. The molecule has 3 N–H and O–H groups in total. The second-order valence-corrected chi connectivity index (χ2v) is 3.95. The average Bonchev–Trinajstić information content (AvgIpc) is 2.39. The maximum absolute atomic E-state index is 11.7. The van der Waals surface area contributed by atoms with E-state index in [0.29, 0.717) is 30.3 Å². The number of benzene rings is 1. The molecule has 1 amide bonds. The number of anilines is 1. The minimum absolute atomic E-state index is 0.202. The highest BCUT2D eigenvalue weighted by atomic mass is 16.5. The normalized spacial score (nSPS) is 11.7. The van der Waals surface area contributed by atoms with Crippen LogP contribution in [0.3, 0.4) is 0 Å². The number of hydrogen-bond donors (Lipinski definition) is 2. The van der Waals surface area contributed by atoms with E-state index >= 15 is 0 Å². The lowest BCUT2D eigenvalue weighted by atomic mass is 10.2. The van der Waals surface area contributed by atoms with Gasteiger partial charge in [-0.1, -0.05) is 0 Å². The summed E-state index contributed by atoms with van der Waals surface area (Å²) in [5.41, 5.74) is 6.22. The van der Waals surface area contributed by atoms with Gasteiger partial charge in [-0.05, 0) is 19.1 Å². The molecule has 1 atom stereocenters. The molecule has 0 aliphatic carbocycles. The van der Waals surface area contributed by atoms with Gasteiger partial charge in [0.05, 0.1) is 19.4 Å². The fourth-order valence-corrected chi connectivity index (χ4v) is 1.46. The Labute approximate surface area is 112 Å². The molecule has 1 rings (SSSR count). The Kier molecular flexibility index (Phi) is 5.95. The summed E-state index contributed by atoms with van der Waals surface area (Å²) in [5, 5.41) is 2.70. The van der Waals surface area contributed by atoms with Crippen molar-refractivity contribution in [1.82, 2.24) is 5.32 Å². The molecule has 0 bridgehead atoms. The van der Waals surface area contributed by atoms with Gasteiger partial charge in [-0.3, -0.25) is 4.79 Å². The van der Waals surface area contributed by atoms with Crippen molar-refractivity contribution in [3.8, 4) is 11.5 Å². The highest BCUT2D eigenvalue weighted by Gasteiger charge is 2.14. The van der Waals surface area contributed by atoms with Gasteiger partial charge in [0, 0.05) is 19.7 Å².